The van der Waals surface area contributed by atoms with Crippen LogP contribution in [0.25, 0.3) is 0 Å². The van der Waals surface area contributed by atoms with Crippen molar-refractivity contribution < 1.29 is 0 Å². The average molecular weight is 96.2 g/mol. The van der Waals surface area contributed by atoms with Crippen molar-refractivity contribution in [3.05, 3.63) is 12.2 Å². The van der Waals surface area contributed by atoms with Crippen molar-refractivity contribution in [3.63, 3.8) is 0 Å². The Morgan fingerprint density at radius 1 is 1.71 bits per heavy atom. The van der Waals surface area contributed by atoms with Crippen LogP contribution in [0.3, 0.4) is 0 Å². The SMILES string of the molecule is C=C(CC)C1CC1. The Balaban J connectivity index is 2.24. The van der Waals surface area contributed by atoms with Crippen molar-refractivity contribution in [2.45, 2.75) is 26.2 Å². The summed E-state index contributed by atoms with van der Waals surface area (Å²) >= 11 is 0. The van der Waals surface area contributed by atoms with Gasteiger partial charge in [0.25, 0.3) is 0 Å². The van der Waals surface area contributed by atoms with Crippen LogP contribution in [0.4, 0.5) is 0 Å². The summed E-state index contributed by atoms with van der Waals surface area (Å²) in [6.45, 7) is 6.12. The van der Waals surface area contributed by atoms with Gasteiger partial charge in [0, 0.05) is 0 Å². The van der Waals surface area contributed by atoms with Crippen LogP contribution < -0.4 is 0 Å². The molecule has 0 atom stereocenters. The van der Waals surface area contributed by atoms with Crippen LogP contribution in [0, 0.1) is 5.92 Å². The Bertz CT molecular complexity index is 78.0. The van der Waals surface area contributed by atoms with Gasteiger partial charge in [0.2, 0.25) is 0 Å². The van der Waals surface area contributed by atoms with Gasteiger partial charge in [-0.1, -0.05) is 19.1 Å². The maximum absolute atomic E-state index is 3.94. The second kappa shape index (κ2) is 1.69. The van der Waals surface area contributed by atoms with E-state index in [0.717, 1.165) is 5.92 Å². The van der Waals surface area contributed by atoms with E-state index in [9.17, 15) is 0 Å². The van der Waals surface area contributed by atoms with E-state index in [0.29, 0.717) is 0 Å². The second-order valence-corrected chi connectivity index (χ2v) is 2.29. The first-order valence-electron chi connectivity index (χ1n) is 3.02. The predicted octanol–water partition coefficient (Wildman–Crippen LogP) is 2.36. The Labute approximate surface area is 45.2 Å². The minimum Gasteiger partial charge on any atom is -0.0996 e. The van der Waals surface area contributed by atoms with Gasteiger partial charge in [0.1, 0.15) is 0 Å². The molecular formula is C7H12. The monoisotopic (exact) mass is 96.1 g/mol. The first-order chi connectivity index (χ1) is 3.34. The van der Waals surface area contributed by atoms with Crippen LogP contribution >= 0.6 is 0 Å². The molecule has 0 radical (unpaired) electrons. The molecule has 0 N–H and O–H groups in total. The standard InChI is InChI=1S/C7H12/c1-3-6(2)7-4-5-7/h7H,2-5H2,1H3. The first-order valence-corrected chi connectivity index (χ1v) is 3.02. The summed E-state index contributed by atoms with van der Waals surface area (Å²) in [6, 6.07) is 0. The molecule has 0 unspecified atom stereocenters. The fourth-order valence-electron chi connectivity index (χ4n) is 0.780. The third-order valence-corrected chi connectivity index (χ3v) is 1.61. The summed E-state index contributed by atoms with van der Waals surface area (Å²) in [5, 5.41) is 0. The molecule has 0 saturated heterocycles. The molecule has 1 aliphatic rings. The van der Waals surface area contributed by atoms with Gasteiger partial charge >= 0.3 is 0 Å². The highest BCUT2D eigenvalue weighted by Crippen LogP contribution is 2.36. The lowest BCUT2D eigenvalue weighted by molar-refractivity contribution is 0.920. The van der Waals surface area contributed by atoms with Gasteiger partial charge in [-0.3, -0.25) is 0 Å². The van der Waals surface area contributed by atoms with Crippen molar-refractivity contribution in [1.82, 2.24) is 0 Å². The first kappa shape index (κ1) is 4.89. The molecule has 0 nitrogen and oxygen atoms in total. The zero-order chi connectivity index (χ0) is 5.28. The maximum Gasteiger partial charge on any atom is -0.0206 e. The quantitative estimate of drug-likeness (QED) is 0.463. The van der Waals surface area contributed by atoms with Gasteiger partial charge in [-0.2, -0.15) is 0 Å². The zero-order valence-corrected chi connectivity index (χ0v) is 4.91. The molecule has 0 heteroatoms. The summed E-state index contributed by atoms with van der Waals surface area (Å²) in [5.74, 6) is 0.921. The van der Waals surface area contributed by atoms with Gasteiger partial charge in [0.15, 0.2) is 0 Å². The van der Waals surface area contributed by atoms with Crippen molar-refractivity contribution >= 4 is 0 Å². The van der Waals surface area contributed by atoms with E-state index in [2.05, 4.69) is 13.5 Å². The van der Waals surface area contributed by atoms with E-state index >= 15 is 0 Å². The largest absolute Gasteiger partial charge is 0.0996 e. The molecule has 0 aliphatic heterocycles. The van der Waals surface area contributed by atoms with Crippen molar-refractivity contribution in [2.75, 3.05) is 0 Å². The van der Waals surface area contributed by atoms with Crippen LogP contribution in [-0.2, 0) is 0 Å². The van der Waals surface area contributed by atoms with E-state index in [1.54, 1.807) is 0 Å². The normalized spacial score (nSPS) is 19.6. The van der Waals surface area contributed by atoms with Gasteiger partial charge < -0.3 is 0 Å². The molecule has 0 bridgehead atoms. The number of hydrogen-bond acceptors (Lipinski definition) is 0. The third kappa shape index (κ3) is 1.05. The summed E-state index contributed by atoms with van der Waals surface area (Å²) in [6.07, 6.45) is 4.00. The zero-order valence-electron chi connectivity index (χ0n) is 4.91. The highest BCUT2D eigenvalue weighted by molar-refractivity contribution is 5.06. The van der Waals surface area contributed by atoms with E-state index in [-0.39, 0.29) is 0 Å². The molecule has 40 valence electrons. The van der Waals surface area contributed by atoms with Crippen LogP contribution in [0.1, 0.15) is 26.2 Å². The van der Waals surface area contributed by atoms with Crippen molar-refractivity contribution in [2.24, 2.45) is 5.92 Å². The Kier molecular flexibility index (Phi) is 1.18. The fraction of sp³-hybridized carbons (Fsp3) is 0.714. The lowest BCUT2D eigenvalue weighted by atomic mass is 10.1. The van der Waals surface area contributed by atoms with Crippen molar-refractivity contribution in [1.29, 1.82) is 0 Å². The Morgan fingerprint density at radius 3 is 2.43 bits per heavy atom. The average Bonchev–Trinajstić information content (AvgIpc) is 2.44. The molecule has 0 aromatic heterocycles. The summed E-state index contributed by atoms with van der Waals surface area (Å²) < 4.78 is 0. The van der Waals surface area contributed by atoms with Gasteiger partial charge in [-0.25, -0.2) is 0 Å². The molecule has 7 heavy (non-hydrogen) atoms. The second-order valence-electron chi connectivity index (χ2n) is 2.29. The highest BCUT2D eigenvalue weighted by atomic mass is 14.3. The van der Waals surface area contributed by atoms with Crippen LogP contribution in [-0.4, -0.2) is 0 Å². The summed E-state index contributed by atoms with van der Waals surface area (Å²) in [4.78, 5) is 0. The predicted molar refractivity (Wildman–Crippen MR) is 32.2 cm³/mol. The topological polar surface area (TPSA) is 0 Å². The smallest absolute Gasteiger partial charge is 0.0206 e. The molecule has 0 heterocycles. The van der Waals surface area contributed by atoms with Gasteiger partial charge in [-0.05, 0) is 25.2 Å². The number of allylic oxidation sites excluding steroid dienone is 1. The molecule has 0 aromatic carbocycles. The molecule has 1 saturated carbocycles. The molecule has 0 spiro atoms. The number of hydrogen-bond donors (Lipinski definition) is 0. The third-order valence-electron chi connectivity index (χ3n) is 1.61. The molecule has 0 aromatic rings. The molecule has 1 fully saturated rings. The van der Waals surface area contributed by atoms with Crippen molar-refractivity contribution in [3.8, 4) is 0 Å². The van der Waals surface area contributed by atoms with Crippen LogP contribution in [0.2, 0.25) is 0 Å². The van der Waals surface area contributed by atoms with Gasteiger partial charge in [0.05, 0.1) is 0 Å². The van der Waals surface area contributed by atoms with E-state index in [1.165, 1.54) is 24.8 Å². The maximum atomic E-state index is 3.94. The molecular weight excluding hydrogens is 84.1 g/mol. The fourth-order valence-corrected chi connectivity index (χ4v) is 0.780. The molecule has 1 aliphatic carbocycles. The molecule has 0 amide bonds. The molecule has 1 rings (SSSR count). The minimum absolute atomic E-state index is 0.921. The lowest BCUT2D eigenvalue weighted by Gasteiger charge is -1.92. The summed E-state index contributed by atoms with van der Waals surface area (Å²) in [7, 11) is 0. The Morgan fingerprint density at radius 2 is 2.29 bits per heavy atom. The van der Waals surface area contributed by atoms with Crippen LogP contribution in [0.15, 0.2) is 12.2 Å². The van der Waals surface area contributed by atoms with Crippen LogP contribution in [0.5, 0.6) is 0 Å². The van der Waals surface area contributed by atoms with Gasteiger partial charge in [-0.15, -0.1) is 0 Å². The Hall–Kier alpha value is -0.260. The minimum atomic E-state index is 0.921. The van der Waals surface area contributed by atoms with E-state index in [1.807, 2.05) is 0 Å². The lowest BCUT2D eigenvalue weighted by Crippen LogP contribution is -1.76. The highest BCUT2D eigenvalue weighted by Gasteiger charge is 2.22. The summed E-state index contributed by atoms with van der Waals surface area (Å²) in [5.41, 5.74) is 1.46. The van der Waals surface area contributed by atoms with E-state index < -0.39 is 0 Å². The van der Waals surface area contributed by atoms with E-state index in [4.69, 9.17) is 0 Å². The number of rotatable bonds is 2.